The van der Waals surface area contributed by atoms with E-state index in [4.69, 9.17) is 5.26 Å². The Labute approximate surface area is 73.6 Å². The van der Waals surface area contributed by atoms with Crippen LogP contribution < -0.4 is 5.43 Å². The monoisotopic (exact) mass is 178 g/mol. The SMILES string of the molecule is COC(=O)c1c(C#N)[nH]ccc1=O. The van der Waals surface area contributed by atoms with Crippen LogP contribution >= 0.6 is 0 Å². The summed E-state index contributed by atoms with van der Waals surface area (Å²) >= 11 is 0. The minimum Gasteiger partial charge on any atom is -0.465 e. The molecule has 0 spiro atoms. The first-order valence-corrected chi connectivity index (χ1v) is 3.40. The van der Waals surface area contributed by atoms with Gasteiger partial charge in [0.1, 0.15) is 17.3 Å². The molecule has 0 fully saturated rings. The third-order valence-electron chi connectivity index (χ3n) is 1.46. The summed E-state index contributed by atoms with van der Waals surface area (Å²) in [5.41, 5.74) is -0.867. The quantitative estimate of drug-likeness (QED) is 0.615. The predicted molar refractivity (Wildman–Crippen MR) is 43.1 cm³/mol. The van der Waals surface area contributed by atoms with Gasteiger partial charge in [0.25, 0.3) is 0 Å². The van der Waals surface area contributed by atoms with Crippen LogP contribution in [0.1, 0.15) is 16.1 Å². The Balaban J connectivity index is 3.42. The summed E-state index contributed by atoms with van der Waals surface area (Å²) in [6.07, 6.45) is 1.30. The summed E-state index contributed by atoms with van der Waals surface area (Å²) < 4.78 is 4.35. The van der Waals surface area contributed by atoms with Crippen LogP contribution in [0.25, 0.3) is 0 Å². The number of pyridine rings is 1. The Bertz CT molecular complexity index is 428. The smallest absolute Gasteiger partial charge is 0.344 e. The van der Waals surface area contributed by atoms with Gasteiger partial charge in [-0.15, -0.1) is 0 Å². The highest BCUT2D eigenvalue weighted by Gasteiger charge is 2.15. The highest BCUT2D eigenvalue weighted by atomic mass is 16.5. The molecule has 66 valence electrons. The first-order valence-electron chi connectivity index (χ1n) is 3.40. The van der Waals surface area contributed by atoms with E-state index >= 15 is 0 Å². The third kappa shape index (κ3) is 1.56. The zero-order chi connectivity index (χ0) is 9.84. The number of nitrogens with one attached hydrogen (secondary N) is 1. The second kappa shape index (κ2) is 3.54. The number of nitrogens with zero attached hydrogens (tertiary/aromatic N) is 1. The number of aromatic nitrogens is 1. The van der Waals surface area contributed by atoms with E-state index in [1.807, 2.05) is 0 Å². The fourth-order valence-electron chi connectivity index (χ4n) is 0.872. The molecule has 0 radical (unpaired) electrons. The van der Waals surface area contributed by atoms with Crippen molar-refractivity contribution < 1.29 is 9.53 Å². The summed E-state index contributed by atoms with van der Waals surface area (Å²) in [7, 11) is 1.15. The number of carbonyl (C=O) groups is 1. The van der Waals surface area contributed by atoms with Gasteiger partial charge in [0, 0.05) is 12.3 Å². The molecule has 1 aromatic heterocycles. The molecule has 1 rings (SSSR count). The number of nitriles is 1. The van der Waals surface area contributed by atoms with Crippen molar-refractivity contribution in [1.82, 2.24) is 4.98 Å². The molecule has 0 aliphatic carbocycles. The Morgan fingerprint density at radius 1 is 1.69 bits per heavy atom. The van der Waals surface area contributed by atoms with E-state index in [-0.39, 0.29) is 11.3 Å². The number of rotatable bonds is 1. The fourth-order valence-corrected chi connectivity index (χ4v) is 0.872. The van der Waals surface area contributed by atoms with Gasteiger partial charge in [0.15, 0.2) is 5.43 Å². The number of methoxy groups -OCH3 is 1. The van der Waals surface area contributed by atoms with Crippen molar-refractivity contribution in [2.24, 2.45) is 0 Å². The lowest BCUT2D eigenvalue weighted by Crippen LogP contribution is -2.18. The van der Waals surface area contributed by atoms with Gasteiger partial charge >= 0.3 is 5.97 Å². The van der Waals surface area contributed by atoms with Gasteiger partial charge in [-0.2, -0.15) is 5.26 Å². The number of aromatic amines is 1. The van der Waals surface area contributed by atoms with Crippen LogP contribution in [0.4, 0.5) is 0 Å². The van der Waals surface area contributed by atoms with Gasteiger partial charge in [-0.3, -0.25) is 4.79 Å². The summed E-state index contributed by atoms with van der Waals surface area (Å²) in [5, 5.41) is 8.56. The molecule has 0 atom stereocenters. The summed E-state index contributed by atoms with van der Waals surface area (Å²) in [6.45, 7) is 0. The number of ether oxygens (including phenoxy) is 1. The van der Waals surface area contributed by atoms with Crippen LogP contribution in [0.3, 0.4) is 0 Å². The molecule has 0 bridgehead atoms. The van der Waals surface area contributed by atoms with Gasteiger partial charge in [0.05, 0.1) is 7.11 Å². The van der Waals surface area contributed by atoms with E-state index in [1.165, 1.54) is 6.20 Å². The van der Waals surface area contributed by atoms with Gasteiger partial charge in [0.2, 0.25) is 0 Å². The Kier molecular flexibility index (Phi) is 2.45. The van der Waals surface area contributed by atoms with E-state index in [0.29, 0.717) is 0 Å². The average Bonchev–Trinajstić information content (AvgIpc) is 2.16. The van der Waals surface area contributed by atoms with Gasteiger partial charge in [-0.05, 0) is 0 Å². The number of hydrogen-bond acceptors (Lipinski definition) is 4. The second-order valence-corrected chi connectivity index (χ2v) is 2.20. The Hall–Kier alpha value is -2.09. The molecular formula is C8H6N2O3. The third-order valence-corrected chi connectivity index (χ3v) is 1.46. The summed E-state index contributed by atoms with van der Waals surface area (Å²) in [6, 6.07) is 2.86. The minimum absolute atomic E-state index is 0.0839. The van der Waals surface area contributed by atoms with E-state index in [1.54, 1.807) is 6.07 Å². The molecule has 1 heterocycles. The topological polar surface area (TPSA) is 82.9 Å². The van der Waals surface area contributed by atoms with Gasteiger partial charge < -0.3 is 9.72 Å². The Morgan fingerprint density at radius 3 is 2.92 bits per heavy atom. The largest absolute Gasteiger partial charge is 0.465 e. The molecule has 0 aliphatic rings. The van der Waals surface area contributed by atoms with Crippen molar-refractivity contribution in [3.63, 3.8) is 0 Å². The maximum absolute atomic E-state index is 11.1. The van der Waals surface area contributed by atoms with Crippen molar-refractivity contribution in [3.05, 3.63) is 33.7 Å². The molecule has 13 heavy (non-hydrogen) atoms. The summed E-state index contributed by atoms with van der Waals surface area (Å²) in [4.78, 5) is 24.6. The molecule has 0 aromatic carbocycles. The van der Waals surface area contributed by atoms with Crippen LogP contribution in [0.2, 0.25) is 0 Å². The van der Waals surface area contributed by atoms with Crippen LogP contribution in [0, 0.1) is 11.3 Å². The molecular weight excluding hydrogens is 172 g/mol. The normalized spacial score (nSPS) is 8.92. The van der Waals surface area contributed by atoms with Gasteiger partial charge in [-0.1, -0.05) is 0 Å². The van der Waals surface area contributed by atoms with Crippen LogP contribution in [0.15, 0.2) is 17.1 Å². The first-order chi connectivity index (χ1) is 6.20. The maximum Gasteiger partial charge on any atom is 0.344 e. The number of hydrogen-bond donors (Lipinski definition) is 1. The van der Waals surface area contributed by atoms with Crippen LogP contribution in [-0.4, -0.2) is 18.1 Å². The highest BCUT2D eigenvalue weighted by Crippen LogP contribution is 1.99. The number of H-pyrrole nitrogens is 1. The van der Waals surface area contributed by atoms with Crippen molar-refractivity contribution in [2.75, 3.05) is 7.11 Å². The molecule has 0 saturated carbocycles. The van der Waals surface area contributed by atoms with E-state index in [9.17, 15) is 9.59 Å². The zero-order valence-electron chi connectivity index (χ0n) is 6.83. The number of carbonyl (C=O) groups excluding carboxylic acids is 1. The minimum atomic E-state index is -0.807. The molecule has 0 amide bonds. The maximum atomic E-state index is 11.1. The van der Waals surface area contributed by atoms with Crippen molar-refractivity contribution in [2.45, 2.75) is 0 Å². The second-order valence-electron chi connectivity index (χ2n) is 2.20. The molecule has 5 heteroatoms. The predicted octanol–water partition coefficient (Wildman–Crippen LogP) is 0.0332. The fraction of sp³-hybridized carbons (Fsp3) is 0.125. The first kappa shape index (κ1) is 9.00. The van der Waals surface area contributed by atoms with Crippen LogP contribution in [0.5, 0.6) is 0 Å². The molecule has 5 nitrogen and oxygen atoms in total. The highest BCUT2D eigenvalue weighted by molar-refractivity contribution is 5.91. The lowest BCUT2D eigenvalue weighted by molar-refractivity contribution is 0.0598. The molecule has 1 N–H and O–H groups in total. The van der Waals surface area contributed by atoms with E-state index in [2.05, 4.69) is 9.72 Å². The lowest BCUT2D eigenvalue weighted by atomic mass is 10.2. The molecule has 1 aromatic rings. The standard InChI is InChI=1S/C8H6N2O3/c1-13-8(12)7-5(4-9)10-3-2-6(7)11/h2-3H,1H3,(H,10,11). The Morgan fingerprint density at radius 2 is 2.38 bits per heavy atom. The van der Waals surface area contributed by atoms with E-state index < -0.39 is 11.4 Å². The molecule has 0 saturated heterocycles. The zero-order valence-corrected chi connectivity index (χ0v) is 6.83. The molecule has 0 aliphatic heterocycles. The molecule has 0 unspecified atom stereocenters. The average molecular weight is 178 g/mol. The number of esters is 1. The summed E-state index contributed by atoms with van der Waals surface area (Å²) in [5.74, 6) is -0.807. The lowest BCUT2D eigenvalue weighted by Gasteiger charge is -1.98. The van der Waals surface area contributed by atoms with Gasteiger partial charge in [-0.25, -0.2) is 4.79 Å². The van der Waals surface area contributed by atoms with Crippen molar-refractivity contribution in [1.29, 1.82) is 5.26 Å². The van der Waals surface area contributed by atoms with Crippen molar-refractivity contribution in [3.8, 4) is 6.07 Å². The van der Waals surface area contributed by atoms with E-state index in [0.717, 1.165) is 13.2 Å². The van der Waals surface area contributed by atoms with Crippen LogP contribution in [-0.2, 0) is 4.74 Å². The van der Waals surface area contributed by atoms with Crippen molar-refractivity contribution >= 4 is 5.97 Å².